The molecule has 0 spiro atoms. The monoisotopic (exact) mass is 251 g/mol. The number of aliphatic hydroxyl groups is 1. The fourth-order valence-corrected chi connectivity index (χ4v) is 3.31. The molecule has 1 atom stereocenters. The first-order valence-electron chi connectivity index (χ1n) is 7.05. The summed E-state index contributed by atoms with van der Waals surface area (Å²) < 4.78 is 1.76. The number of aromatic nitrogens is 2. The summed E-state index contributed by atoms with van der Waals surface area (Å²) in [6.45, 7) is 6.58. The van der Waals surface area contributed by atoms with Crippen LogP contribution < -0.4 is 0 Å². The smallest absolute Gasteiger partial charge is 0.100 e. The van der Waals surface area contributed by atoms with Crippen molar-refractivity contribution in [2.45, 2.75) is 51.2 Å². The second kappa shape index (κ2) is 5.41. The Morgan fingerprint density at radius 1 is 1.33 bits per heavy atom. The molecule has 0 bridgehead atoms. The Hall–Kier alpha value is -0.870. The van der Waals surface area contributed by atoms with Gasteiger partial charge in [0.25, 0.3) is 0 Å². The number of hydrogen-bond acceptors (Lipinski definition) is 3. The van der Waals surface area contributed by atoms with Gasteiger partial charge < -0.3 is 5.11 Å². The molecule has 0 aliphatic carbocycles. The van der Waals surface area contributed by atoms with E-state index in [0.717, 1.165) is 31.5 Å². The number of nitrogens with zero attached hydrogens (tertiary/aromatic N) is 3. The van der Waals surface area contributed by atoms with Gasteiger partial charge in [-0.3, -0.25) is 9.58 Å². The van der Waals surface area contributed by atoms with Crippen LogP contribution in [0.3, 0.4) is 0 Å². The second-order valence-electron chi connectivity index (χ2n) is 5.35. The minimum Gasteiger partial charge on any atom is -0.386 e. The lowest BCUT2D eigenvalue weighted by atomic mass is 9.82. The van der Waals surface area contributed by atoms with Crippen molar-refractivity contribution in [3.63, 3.8) is 0 Å². The second-order valence-corrected chi connectivity index (χ2v) is 5.35. The largest absolute Gasteiger partial charge is 0.386 e. The van der Waals surface area contributed by atoms with Crippen LogP contribution in [0, 0.1) is 0 Å². The highest BCUT2D eigenvalue weighted by atomic mass is 16.3. The lowest BCUT2D eigenvalue weighted by Crippen LogP contribution is -2.50. The van der Waals surface area contributed by atoms with Gasteiger partial charge in [0, 0.05) is 18.8 Å². The van der Waals surface area contributed by atoms with Crippen LogP contribution in [0.1, 0.15) is 51.2 Å². The lowest BCUT2D eigenvalue weighted by Gasteiger charge is -2.44. The third-order valence-electron chi connectivity index (χ3n) is 4.51. The molecule has 0 amide bonds. The van der Waals surface area contributed by atoms with E-state index in [1.54, 1.807) is 10.9 Å². The summed E-state index contributed by atoms with van der Waals surface area (Å²) in [6, 6.07) is 0. The molecule has 0 radical (unpaired) electrons. The van der Waals surface area contributed by atoms with E-state index >= 15 is 0 Å². The van der Waals surface area contributed by atoms with E-state index in [1.807, 2.05) is 13.2 Å². The van der Waals surface area contributed by atoms with Crippen LogP contribution in [0.5, 0.6) is 0 Å². The summed E-state index contributed by atoms with van der Waals surface area (Å²) in [6.07, 6.45) is 7.73. The van der Waals surface area contributed by atoms with Gasteiger partial charge in [-0.25, -0.2) is 0 Å². The summed E-state index contributed by atoms with van der Waals surface area (Å²) in [5, 5.41) is 15.0. The van der Waals surface area contributed by atoms with Crippen molar-refractivity contribution in [2.75, 3.05) is 13.1 Å². The maximum absolute atomic E-state index is 10.8. The van der Waals surface area contributed by atoms with E-state index in [-0.39, 0.29) is 5.54 Å². The van der Waals surface area contributed by atoms with Gasteiger partial charge in [-0.15, -0.1) is 0 Å². The van der Waals surface area contributed by atoms with E-state index in [0.29, 0.717) is 0 Å². The highest BCUT2D eigenvalue weighted by molar-refractivity contribution is 5.15. The molecule has 0 saturated carbocycles. The van der Waals surface area contributed by atoms with Crippen LogP contribution >= 0.6 is 0 Å². The summed E-state index contributed by atoms with van der Waals surface area (Å²) in [5.41, 5.74) is 0.813. The number of aryl methyl sites for hydroxylation is 1. The Morgan fingerprint density at radius 3 is 2.39 bits per heavy atom. The molecule has 2 rings (SSSR count). The van der Waals surface area contributed by atoms with Gasteiger partial charge in [0.1, 0.15) is 6.10 Å². The van der Waals surface area contributed by atoms with Gasteiger partial charge in [0.2, 0.25) is 0 Å². The van der Waals surface area contributed by atoms with Gasteiger partial charge in [-0.1, -0.05) is 13.8 Å². The molecule has 1 N–H and O–H groups in total. The average Bonchev–Trinajstić information content (AvgIpc) is 3.03. The van der Waals surface area contributed by atoms with Crippen molar-refractivity contribution >= 4 is 0 Å². The van der Waals surface area contributed by atoms with E-state index < -0.39 is 6.10 Å². The summed E-state index contributed by atoms with van der Waals surface area (Å²) in [7, 11) is 1.89. The zero-order chi connectivity index (χ0) is 13.2. The van der Waals surface area contributed by atoms with Crippen LogP contribution in [-0.4, -0.2) is 38.4 Å². The zero-order valence-electron chi connectivity index (χ0n) is 11.8. The molecule has 1 saturated heterocycles. The van der Waals surface area contributed by atoms with E-state index in [1.165, 1.54) is 12.8 Å². The number of likely N-dealkylation sites (tertiary alicyclic amines) is 1. The molecule has 1 aliphatic rings. The molecule has 4 nitrogen and oxygen atoms in total. The molecule has 0 aromatic carbocycles. The highest BCUT2D eigenvalue weighted by Crippen LogP contribution is 2.39. The van der Waals surface area contributed by atoms with Crippen LogP contribution in [0.25, 0.3) is 0 Å². The molecular weight excluding hydrogens is 226 g/mol. The molecule has 1 fully saturated rings. The quantitative estimate of drug-likeness (QED) is 0.871. The van der Waals surface area contributed by atoms with Crippen molar-refractivity contribution in [1.82, 2.24) is 14.7 Å². The predicted octanol–water partition coefficient (Wildman–Crippen LogP) is 2.11. The maximum atomic E-state index is 10.8. The normalized spacial score (nSPS) is 19.3. The third-order valence-corrected chi connectivity index (χ3v) is 4.51. The first kappa shape index (κ1) is 13.6. The Balaban J connectivity index is 2.28. The van der Waals surface area contributed by atoms with Crippen LogP contribution in [0.4, 0.5) is 0 Å². The van der Waals surface area contributed by atoms with Crippen LogP contribution in [0.2, 0.25) is 0 Å². The standard InChI is InChI=1S/C14H25N3O/c1-4-14(5-2,17-8-6-7-9-17)13(18)12-10-15-16(3)11-12/h10-11,13,18H,4-9H2,1-3H3. The Bertz CT molecular complexity index is 378. The van der Waals surface area contributed by atoms with Gasteiger partial charge in [-0.05, 0) is 38.8 Å². The molecule has 1 aromatic heterocycles. The molecule has 4 heteroatoms. The third kappa shape index (κ3) is 2.19. The molecule has 2 heterocycles. The Morgan fingerprint density at radius 2 is 1.94 bits per heavy atom. The number of aliphatic hydroxyl groups excluding tert-OH is 1. The van der Waals surface area contributed by atoms with Gasteiger partial charge in [0.15, 0.2) is 0 Å². The summed E-state index contributed by atoms with van der Waals surface area (Å²) in [4.78, 5) is 2.48. The minimum absolute atomic E-state index is 0.125. The molecular formula is C14H25N3O. The van der Waals surface area contributed by atoms with Crippen molar-refractivity contribution in [3.05, 3.63) is 18.0 Å². The molecule has 1 unspecified atom stereocenters. The first-order valence-corrected chi connectivity index (χ1v) is 7.05. The predicted molar refractivity (Wildman–Crippen MR) is 72.3 cm³/mol. The van der Waals surface area contributed by atoms with Crippen molar-refractivity contribution in [1.29, 1.82) is 0 Å². The summed E-state index contributed by atoms with van der Waals surface area (Å²) >= 11 is 0. The maximum Gasteiger partial charge on any atom is 0.100 e. The van der Waals surface area contributed by atoms with Crippen molar-refractivity contribution in [3.8, 4) is 0 Å². The number of hydrogen-bond donors (Lipinski definition) is 1. The van der Waals surface area contributed by atoms with Crippen molar-refractivity contribution in [2.24, 2.45) is 7.05 Å². The zero-order valence-corrected chi connectivity index (χ0v) is 11.8. The van der Waals surface area contributed by atoms with E-state index in [4.69, 9.17) is 0 Å². The topological polar surface area (TPSA) is 41.3 Å². The molecule has 1 aromatic rings. The average molecular weight is 251 g/mol. The van der Waals surface area contributed by atoms with Gasteiger partial charge >= 0.3 is 0 Å². The van der Waals surface area contributed by atoms with Gasteiger partial charge in [-0.2, -0.15) is 5.10 Å². The highest BCUT2D eigenvalue weighted by Gasteiger charge is 2.42. The van der Waals surface area contributed by atoms with E-state index in [2.05, 4.69) is 23.8 Å². The Kier molecular flexibility index (Phi) is 4.07. The lowest BCUT2D eigenvalue weighted by molar-refractivity contribution is -0.0295. The summed E-state index contributed by atoms with van der Waals surface area (Å²) in [5.74, 6) is 0. The van der Waals surface area contributed by atoms with Crippen molar-refractivity contribution < 1.29 is 5.11 Å². The van der Waals surface area contributed by atoms with Gasteiger partial charge in [0.05, 0.1) is 11.7 Å². The molecule has 102 valence electrons. The van der Waals surface area contributed by atoms with Crippen LogP contribution in [0.15, 0.2) is 12.4 Å². The minimum atomic E-state index is -0.445. The number of rotatable bonds is 5. The molecule has 1 aliphatic heterocycles. The SMILES string of the molecule is CCC(CC)(C(O)c1cnn(C)c1)N1CCCC1. The first-order chi connectivity index (χ1) is 8.64. The Labute approximate surface area is 110 Å². The van der Waals surface area contributed by atoms with E-state index in [9.17, 15) is 5.11 Å². The fourth-order valence-electron chi connectivity index (χ4n) is 3.31. The van der Waals surface area contributed by atoms with Crippen LogP contribution in [-0.2, 0) is 7.05 Å². The fraction of sp³-hybridized carbons (Fsp3) is 0.786. The molecule has 18 heavy (non-hydrogen) atoms.